The molecular weight excluding hydrogens is 319 g/mol. The predicted octanol–water partition coefficient (Wildman–Crippen LogP) is 4.78. The standard InChI is InChI=1S/C14H9BrClFO/c1-8-6-10(17)3-5-11(8)14(18)12-4-2-9(16)7-13(12)15/h2-7H,1H3. The molecule has 1 nitrogen and oxygen atoms in total. The van der Waals surface area contributed by atoms with Crippen molar-refractivity contribution in [2.45, 2.75) is 6.92 Å². The van der Waals surface area contributed by atoms with Crippen molar-refractivity contribution in [3.8, 4) is 0 Å². The molecule has 0 saturated heterocycles. The number of benzene rings is 2. The van der Waals surface area contributed by atoms with Gasteiger partial charge < -0.3 is 0 Å². The molecule has 0 bridgehead atoms. The van der Waals surface area contributed by atoms with E-state index in [0.717, 1.165) is 0 Å². The summed E-state index contributed by atoms with van der Waals surface area (Å²) in [5.74, 6) is -0.504. The van der Waals surface area contributed by atoms with Crippen LogP contribution >= 0.6 is 27.5 Å². The van der Waals surface area contributed by atoms with Gasteiger partial charge in [0.15, 0.2) is 5.78 Å². The van der Waals surface area contributed by atoms with E-state index in [4.69, 9.17) is 11.6 Å². The molecular formula is C14H9BrClFO. The fraction of sp³-hybridized carbons (Fsp3) is 0.0714. The summed E-state index contributed by atoms with van der Waals surface area (Å²) in [6.07, 6.45) is 0. The first-order valence-electron chi connectivity index (χ1n) is 5.25. The Morgan fingerprint density at radius 1 is 1.17 bits per heavy atom. The Hall–Kier alpha value is -1.19. The summed E-state index contributed by atoms with van der Waals surface area (Å²) in [7, 11) is 0. The molecule has 0 fully saturated rings. The lowest BCUT2D eigenvalue weighted by atomic mass is 9.99. The zero-order chi connectivity index (χ0) is 13.3. The number of hydrogen-bond acceptors (Lipinski definition) is 1. The number of halogens is 3. The molecule has 18 heavy (non-hydrogen) atoms. The van der Waals surface area contributed by atoms with Gasteiger partial charge in [-0.2, -0.15) is 0 Å². The minimum atomic E-state index is -0.348. The molecule has 0 radical (unpaired) electrons. The van der Waals surface area contributed by atoms with Crippen LogP contribution in [0.5, 0.6) is 0 Å². The molecule has 0 heterocycles. The van der Waals surface area contributed by atoms with Crippen LogP contribution in [0.25, 0.3) is 0 Å². The Morgan fingerprint density at radius 3 is 2.44 bits per heavy atom. The van der Waals surface area contributed by atoms with Gasteiger partial charge in [0, 0.05) is 20.6 Å². The van der Waals surface area contributed by atoms with Crippen molar-refractivity contribution in [2.75, 3.05) is 0 Å². The van der Waals surface area contributed by atoms with E-state index >= 15 is 0 Å². The van der Waals surface area contributed by atoms with Crippen LogP contribution < -0.4 is 0 Å². The number of rotatable bonds is 2. The second-order valence-electron chi connectivity index (χ2n) is 3.91. The number of ketones is 1. The van der Waals surface area contributed by atoms with Gasteiger partial charge in [0.2, 0.25) is 0 Å². The van der Waals surface area contributed by atoms with Crippen LogP contribution in [0, 0.1) is 12.7 Å². The van der Waals surface area contributed by atoms with E-state index < -0.39 is 0 Å². The van der Waals surface area contributed by atoms with Crippen LogP contribution in [0.3, 0.4) is 0 Å². The van der Waals surface area contributed by atoms with E-state index in [0.29, 0.717) is 26.2 Å². The lowest BCUT2D eigenvalue weighted by Crippen LogP contribution is -2.05. The monoisotopic (exact) mass is 326 g/mol. The highest BCUT2D eigenvalue weighted by atomic mass is 79.9. The molecule has 0 N–H and O–H groups in total. The highest BCUT2D eigenvalue weighted by Gasteiger charge is 2.15. The quantitative estimate of drug-likeness (QED) is 0.725. The maximum atomic E-state index is 13.0. The maximum Gasteiger partial charge on any atom is 0.194 e. The minimum absolute atomic E-state index is 0.156. The Kier molecular flexibility index (Phi) is 3.83. The highest BCUT2D eigenvalue weighted by molar-refractivity contribution is 9.10. The highest BCUT2D eigenvalue weighted by Crippen LogP contribution is 2.25. The van der Waals surface area contributed by atoms with Gasteiger partial charge in [0.1, 0.15) is 5.82 Å². The van der Waals surface area contributed by atoms with Crippen molar-refractivity contribution in [3.63, 3.8) is 0 Å². The van der Waals surface area contributed by atoms with Crippen LogP contribution in [0.1, 0.15) is 21.5 Å². The molecule has 2 aromatic rings. The molecule has 92 valence electrons. The van der Waals surface area contributed by atoms with Crippen LogP contribution in [0.4, 0.5) is 4.39 Å². The molecule has 0 aliphatic carbocycles. The summed E-state index contributed by atoms with van der Waals surface area (Å²) >= 11 is 9.13. The molecule has 0 amide bonds. The Labute approximate surface area is 118 Å². The molecule has 2 rings (SSSR count). The number of carbonyl (C=O) groups excluding carboxylic acids is 1. The summed E-state index contributed by atoms with van der Waals surface area (Å²) in [5.41, 5.74) is 1.61. The lowest BCUT2D eigenvalue weighted by molar-refractivity contribution is 0.103. The van der Waals surface area contributed by atoms with Gasteiger partial charge in [-0.1, -0.05) is 11.6 Å². The molecule has 0 aliphatic rings. The fourth-order valence-corrected chi connectivity index (χ4v) is 2.56. The first kappa shape index (κ1) is 13.2. The molecule has 0 aromatic heterocycles. The van der Waals surface area contributed by atoms with Gasteiger partial charge in [-0.05, 0) is 64.8 Å². The number of hydrogen-bond donors (Lipinski definition) is 0. The SMILES string of the molecule is Cc1cc(F)ccc1C(=O)c1ccc(Cl)cc1Br. The third-order valence-corrected chi connectivity index (χ3v) is 3.50. The second-order valence-corrected chi connectivity index (χ2v) is 5.20. The van der Waals surface area contributed by atoms with Gasteiger partial charge in [0.25, 0.3) is 0 Å². The van der Waals surface area contributed by atoms with E-state index in [1.54, 1.807) is 25.1 Å². The molecule has 0 aliphatic heterocycles. The fourth-order valence-electron chi connectivity index (χ4n) is 1.70. The van der Waals surface area contributed by atoms with Gasteiger partial charge in [-0.15, -0.1) is 0 Å². The molecule has 0 atom stereocenters. The Balaban J connectivity index is 2.48. The van der Waals surface area contributed by atoms with E-state index in [1.165, 1.54) is 18.2 Å². The zero-order valence-electron chi connectivity index (χ0n) is 9.51. The number of aryl methyl sites for hydroxylation is 1. The molecule has 0 saturated carbocycles. The summed E-state index contributed by atoms with van der Waals surface area (Å²) < 4.78 is 13.6. The average molecular weight is 328 g/mol. The van der Waals surface area contributed by atoms with E-state index in [-0.39, 0.29) is 11.6 Å². The summed E-state index contributed by atoms with van der Waals surface area (Å²) in [6.45, 7) is 1.71. The van der Waals surface area contributed by atoms with Crippen molar-refractivity contribution >= 4 is 33.3 Å². The van der Waals surface area contributed by atoms with Crippen molar-refractivity contribution in [1.29, 1.82) is 0 Å². The van der Waals surface area contributed by atoms with Crippen LogP contribution in [-0.4, -0.2) is 5.78 Å². The lowest BCUT2D eigenvalue weighted by Gasteiger charge is -2.07. The van der Waals surface area contributed by atoms with Crippen LogP contribution in [0.15, 0.2) is 40.9 Å². The minimum Gasteiger partial charge on any atom is -0.289 e. The zero-order valence-corrected chi connectivity index (χ0v) is 11.8. The molecule has 0 unspecified atom stereocenters. The summed E-state index contributed by atoms with van der Waals surface area (Å²) in [4.78, 5) is 12.3. The first-order valence-corrected chi connectivity index (χ1v) is 6.42. The van der Waals surface area contributed by atoms with Crippen molar-refractivity contribution in [2.24, 2.45) is 0 Å². The van der Waals surface area contributed by atoms with Crippen LogP contribution in [-0.2, 0) is 0 Å². The van der Waals surface area contributed by atoms with E-state index in [1.807, 2.05) is 0 Å². The van der Waals surface area contributed by atoms with Gasteiger partial charge >= 0.3 is 0 Å². The van der Waals surface area contributed by atoms with Crippen molar-refractivity contribution < 1.29 is 9.18 Å². The van der Waals surface area contributed by atoms with Crippen LogP contribution in [0.2, 0.25) is 5.02 Å². The van der Waals surface area contributed by atoms with E-state index in [9.17, 15) is 9.18 Å². The third kappa shape index (κ3) is 2.62. The van der Waals surface area contributed by atoms with Gasteiger partial charge in [-0.25, -0.2) is 4.39 Å². The van der Waals surface area contributed by atoms with Crippen molar-refractivity contribution in [1.82, 2.24) is 0 Å². The van der Waals surface area contributed by atoms with Gasteiger partial charge in [-0.3, -0.25) is 4.79 Å². The second kappa shape index (κ2) is 5.21. The van der Waals surface area contributed by atoms with E-state index in [2.05, 4.69) is 15.9 Å². The summed E-state index contributed by atoms with van der Waals surface area (Å²) in [6, 6.07) is 9.08. The Morgan fingerprint density at radius 2 is 1.83 bits per heavy atom. The van der Waals surface area contributed by atoms with Crippen molar-refractivity contribution in [3.05, 3.63) is 68.4 Å². The third-order valence-electron chi connectivity index (χ3n) is 2.61. The largest absolute Gasteiger partial charge is 0.289 e. The topological polar surface area (TPSA) is 17.1 Å². The molecule has 0 spiro atoms. The average Bonchev–Trinajstić information content (AvgIpc) is 2.28. The number of carbonyl (C=O) groups is 1. The normalized spacial score (nSPS) is 10.4. The Bertz CT molecular complexity index is 572. The summed E-state index contributed by atoms with van der Waals surface area (Å²) in [5, 5.41) is 0.550. The smallest absolute Gasteiger partial charge is 0.194 e. The predicted molar refractivity (Wildman–Crippen MR) is 73.7 cm³/mol. The first-order chi connectivity index (χ1) is 8.49. The maximum absolute atomic E-state index is 13.0. The molecule has 2 aromatic carbocycles. The molecule has 4 heteroatoms. The van der Waals surface area contributed by atoms with Gasteiger partial charge in [0.05, 0.1) is 0 Å².